The van der Waals surface area contributed by atoms with E-state index in [0.29, 0.717) is 0 Å². The number of nitrogens with zero attached hydrogens (tertiary/aromatic N) is 3. The molecule has 6 aromatic carbocycles. The second-order valence-electron chi connectivity index (χ2n) is 10.9. The molecule has 0 atom stereocenters. The number of benzene rings is 6. The molecule has 0 unspecified atom stereocenters. The smallest absolute Gasteiger partial charge is 0.139 e. The number of hydrogen-bond donors (Lipinski definition) is 0. The Morgan fingerprint density at radius 3 is 1.91 bits per heavy atom. The summed E-state index contributed by atoms with van der Waals surface area (Å²) in [5, 5.41) is 4.82. The first-order valence-electron chi connectivity index (χ1n) is 14.8. The summed E-state index contributed by atoms with van der Waals surface area (Å²) < 4.78 is 2.21. The molecule has 0 bridgehead atoms. The quantitative estimate of drug-likeness (QED) is 0.199. The Hall–Kier alpha value is -5.54. The van der Waals surface area contributed by atoms with Crippen molar-refractivity contribution in [2.24, 2.45) is 0 Å². The number of fused-ring (bicyclic) bond motifs is 3. The summed E-state index contributed by atoms with van der Waals surface area (Å²) in [7, 11) is 0. The van der Waals surface area contributed by atoms with E-state index in [1.54, 1.807) is 0 Å². The number of pyridine rings is 1. The average molecular weight is 552 g/mol. The lowest BCUT2D eigenvalue weighted by Gasteiger charge is -2.19. The summed E-state index contributed by atoms with van der Waals surface area (Å²) in [6.07, 6.45) is 0.818. The van der Waals surface area contributed by atoms with Gasteiger partial charge >= 0.3 is 0 Å². The molecule has 0 radical (unpaired) electrons. The second kappa shape index (κ2) is 10.4. The van der Waals surface area contributed by atoms with E-state index in [2.05, 4.69) is 151 Å². The van der Waals surface area contributed by atoms with Gasteiger partial charge in [-0.05, 0) is 74.1 Å². The summed E-state index contributed by atoms with van der Waals surface area (Å²) >= 11 is 0. The maximum absolute atomic E-state index is 5.37. The molecule has 8 aromatic rings. The van der Waals surface area contributed by atoms with Crippen LogP contribution in [0.5, 0.6) is 0 Å². The summed E-state index contributed by atoms with van der Waals surface area (Å²) in [5.74, 6) is 1.89. The Balaban J connectivity index is 1.47. The molecule has 2 heterocycles. The zero-order valence-corrected chi connectivity index (χ0v) is 23.9. The van der Waals surface area contributed by atoms with Crippen LogP contribution in [0.1, 0.15) is 12.7 Å². The molecule has 0 N–H and O–H groups in total. The normalized spacial score (nSPS) is 11.5. The molecule has 0 saturated carbocycles. The van der Waals surface area contributed by atoms with Crippen molar-refractivity contribution >= 4 is 32.6 Å². The maximum Gasteiger partial charge on any atom is 0.139 e. The van der Waals surface area contributed by atoms with Crippen molar-refractivity contribution in [2.45, 2.75) is 13.3 Å². The van der Waals surface area contributed by atoms with Gasteiger partial charge in [0, 0.05) is 12.0 Å². The fraction of sp³-hybridized carbons (Fsp3) is 0.0500. The van der Waals surface area contributed by atoms with E-state index in [0.717, 1.165) is 40.4 Å². The van der Waals surface area contributed by atoms with Crippen molar-refractivity contribution in [3.8, 4) is 39.3 Å². The van der Waals surface area contributed by atoms with Gasteiger partial charge in [-0.2, -0.15) is 0 Å². The zero-order valence-electron chi connectivity index (χ0n) is 23.9. The molecule has 0 amide bonds. The zero-order chi connectivity index (χ0) is 28.8. The van der Waals surface area contributed by atoms with Crippen molar-refractivity contribution in [2.75, 3.05) is 0 Å². The molecule has 43 heavy (non-hydrogen) atoms. The van der Waals surface area contributed by atoms with E-state index in [1.807, 2.05) is 6.07 Å². The van der Waals surface area contributed by atoms with Gasteiger partial charge in [0.15, 0.2) is 0 Å². The number of rotatable bonds is 5. The van der Waals surface area contributed by atoms with Gasteiger partial charge in [0.25, 0.3) is 0 Å². The largest absolute Gasteiger partial charge is 0.280 e. The molecule has 3 nitrogen and oxygen atoms in total. The SMILES string of the molecule is CCc1nc2ccccc2n1-c1cccc(-c2c3ccccc3c(-c3ccccc3)c3ccc(-c4ccccc4)cc23)n1. The van der Waals surface area contributed by atoms with Gasteiger partial charge in [-0.1, -0.05) is 122 Å². The molecule has 0 saturated heterocycles. The minimum Gasteiger partial charge on any atom is -0.280 e. The lowest BCUT2D eigenvalue weighted by molar-refractivity contribution is 0.886. The monoisotopic (exact) mass is 551 g/mol. The number of imidazole rings is 1. The molecule has 2 aromatic heterocycles. The van der Waals surface area contributed by atoms with Crippen molar-refractivity contribution in [1.82, 2.24) is 14.5 Å². The van der Waals surface area contributed by atoms with E-state index < -0.39 is 0 Å². The fourth-order valence-corrected chi connectivity index (χ4v) is 6.44. The Morgan fingerprint density at radius 1 is 0.488 bits per heavy atom. The molecular formula is C40H29N3. The predicted octanol–water partition coefficient (Wildman–Crippen LogP) is 10.3. The topological polar surface area (TPSA) is 30.7 Å². The van der Waals surface area contributed by atoms with Crippen LogP contribution < -0.4 is 0 Å². The van der Waals surface area contributed by atoms with Gasteiger partial charge in [0.2, 0.25) is 0 Å². The molecule has 8 rings (SSSR count). The van der Waals surface area contributed by atoms with Crippen LogP contribution in [0, 0.1) is 0 Å². The first-order valence-corrected chi connectivity index (χ1v) is 14.8. The number of aryl methyl sites for hydroxylation is 1. The van der Waals surface area contributed by atoms with Crippen LogP contribution in [0.3, 0.4) is 0 Å². The van der Waals surface area contributed by atoms with Crippen LogP contribution in [-0.4, -0.2) is 14.5 Å². The third-order valence-corrected chi connectivity index (χ3v) is 8.36. The molecule has 0 aliphatic heterocycles. The molecule has 0 fully saturated rings. The number of aromatic nitrogens is 3. The molecule has 0 aliphatic carbocycles. The summed E-state index contributed by atoms with van der Waals surface area (Å²) in [5.41, 5.74) is 9.00. The van der Waals surface area contributed by atoms with Gasteiger partial charge in [0.05, 0.1) is 16.7 Å². The standard InChI is InChI=1S/C40H29N3/c1-2-37-41-34-20-11-12-22-36(34)43(37)38-23-13-21-35(42-38)40-31-19-10-9-18-30(31)39(28-16-7-4-8-17-28)32-25-24-29(26-33(32)40)27-14-5-3-6-15-27/h3-26H,2H2,1H3. The third-order valence-electron chi connectivity index (χ3n) is 8.36. The Labute approximate surface area is 250 Å². The lowest BCUT2D eigenvalue weighted by atomic mass is 9.86. The van der Waals surface area contributed by atoms with Crippen LogP contribution in [-0.2, 0) is 6.42 Å². The van der Waals surface area contributed by atoms with Gasteiger partial charge in [-0.15, -0.1) is 0 Å². The van der Waals surface area contributed by atoms with Gasteiger partial charge in [0.1, 0.15) is 11.6 Å². The van der Waals surface area contributed by atoms with Crippen LogP contribution >= 0.6 is 0 Å². The number of hydrogen-bond acceptors (Lipinski definition) is 2. The molecule has 0 aliphatic rings. The maximum atomic E-state index is 5.37. The van der Waals surface area contributed by atoms with Crippen LogP contribution in [0.25, 0.3) is 71.9 Å². The molecule has 0 spiro atoms. The third kappa shape index (κ3) is 4.21. The Morgan fingerprint density at radius 2 is 1.14 bits per heavy atom. The van der Waals surface area contributed by atoms with Crippen molar-refractivity contribution in [3.05, 3.63) is 151 Å². The minimum atomic E-state index is 0.818. The average Bonchev–Trinajstić information content (AvgIpc) is 3.46. The highest BCUT2D eigenvalue weighted by Crippen LogP contribution is 2.44. The van der Waals surface area contributed by atoms with E-state index >= 15 is 0 Å². The second-order valence-corrected chi connectivity index (χ2v) is 10.9. The fourth-order valence-electron chi connectivity index (χ4n) is 6.44. The summed E-state index contributed by atoms with van der Waals surface area (Å²) in [6, 6.07) is 51.7. The van der Waals surface area contributed by atoms with E-state index in [-0.39, 0.29) is 0 Å². The summed E-state index contributed by atoms with van der Waals surface area (Å²) in [4.78, 5) is 10.3. The minimum absolute atomic E-state index is 0.818. The molecular weight excluding hydrogens is 522 g/mol. The Kier molecular flexibility index (Phi) is 6.08. The van der Waals surface area contributed by atoms with E-state index in [4.69, 9.17) is 9.97 Å². The highest BCUT2D eigenvalue weighted by atomic mass is 15.1. The number of para-hydroxylation sites is 2. The van der Waals surface area contributed by atoms with E-state index in [1.165, 1.54) is 43.8 Å². The van der Waals surface area contributed by atoms with Crippen LogP contribution in [0.4, 0.5) is 0 Å². The first-order chi connectivity index (χ1) is 21.3. The summed E-state index contributed by atoms with van der Waals surface area (Å²) in [6.45, 7) is 2.15. The van der Waals surface area contributed by atoms with Crippen molar-refractivity contribution < 1.29 is 0 Å². The van der Waals surface area contributed by atoms with Crippen LogP contribution in [0.15, 0.2) is 146 Å². The first kappa shape index (κ1) is 25.2. The van der Waals surface area contributed by atoms with Crippen LogP contribution in [0.2, 0.25) is 0 Å². The highest BCUT2D eigenvalue weighted by molar-refractivity contribution is 6.21. The van der Waals surface area contributed by atoms with E-state index in [9.17, 15) is 0 Å². The predicted molar refractivity (Wildman–Crippen MR) is 180 cm³/mol. The Bertz CT molecular complexity index is 2260. The van der Waals surface area contributed by atoms with Gasteiger partial charge < -0.3 is 0 Å². The van der Waals surface area contributed by atoms with Gasteiger partial charge in [-0.25, -0.2) is 9.97 Å². The highest BCUT2D eigenvalue weighted by Gasteiger charge is 2.19. The molecule has 3 heteroatoms. The van der Waals surface area contributed by atoms with Gasteiger partial charge in [-0.3, -0.25) is 4.57 Å². The molecule has 204 valence electrons. The lowest BCUT2D eigenvalue weighted by Crippen LogP contribution is -2.03. The van der Waals surface area contributed by atoms with Crippen molar-refractivity contribution in [3.63, 3.8) is 0 Å². The van der Waals surface area contributed by atoms with Crippen molar-refractivity contribution in [1.29, 1.82) is 0 Å².